The van der Waals surface area contributed by atoms with Crippen molar-refractivity contribution < 1.29 is 46.8 Å². The van der Waals surface area contributed by atoms with Crippen LogP contribution in [0.3, 0.4) is 0 Å². The van der Waals surface area contributed by atoms with Crippen molar-refractivity contribution in [1.29, 1.82) is 0 Å². The van der Waals surface area contributed by atoms with Crippen LogP contribution >= 0.6 is 0 Å². The van der Waals surface area contributed by atoms with Crippen molar-refractivity contribution in [1.82, 2.24) is 9.80 Å². The highest BCUT2D eigenvalue weighted by molar-refractivity contribution is 5.93. The van der Waals surface area contributed by atoms with Crippen LogP contribution in [0.5, 0.6) is 11.5 Å². The van der Waals surface area contributed by atoms with Crippen molar-refractivity contribution in [2.24, 2.45) is 0 Å². The van der Waals surface area contributed by atoms with E-state index in [2.05, 4.69) is 0 Å². The van der Waals surface area contributed by atoms with Gasteiger partial charge in [-0.1, -0.05) is 30.2 Å². The first kappa shape index (κ1) is 8.39. The van der Waals surface area contributed by atoms with Crippen molar-refractivity contribution >= 4 is 11.6 Å². The second kappa shape index (κ2) is 11.1. The number of amides is 1. The maximum Gasteiger partial charge on any atom is 0.238 e. The minimum absolute atomic E-state index is 0.558. The van der Waals surface area contributed by atoms with E-state index in [-0.39, 0.29) is 0 Å². The molecule has 2 aromatic carbocycles. The summed E-state index contributed by atoms with van der Waals surface area (Å²) in [6.07, 6.45) is -3.86. The zero-order valence-corrected chi connectivity index (χ0v) is 16.4. The van der Waals surface area contributed by atoms with Gasteiger partial charge in [0.2, 0.25) is 5.91 Å². The third kappa shape index (κ3) is 6.69. The fraction of sp³-hybridized carbons (Fsp3) is 0.458. The lowest BCUT2D eigenvalue weighted by molar-refractivity contribution is -0.117. The Balaban J connectivity index is 1.90. The zero-order chi connectivity index (χ0) is 39.6. The Morgan fingerprint density at radius 3 is 2.45 bits per heavy atom. The van der Waals surface area contributed by atoms with Gasteiger partial charge in [0.25, 0.3) is 0 Å². The number of hydrogen-bond donors (Lipinski definition) is 2. The molecule has 1 atom stereocenters. The summed E-state index contributed by atoms with van der Waals surface area (Å²) in [7, 11) is 0.980. The number of nitrogens with one attached hydrogen (secondary N) is 1. The molecule has 3 rings (SSSR count). The smallest absolute Gasteiger partial charge is 0.238 e. The Hall–Kier alpha value is -2.61. The number of methoxy groups -OCH3 is 1. The highest BCUT2D eigenvalue weighted by Crippen LogP contribution is 2.25. The molecule has 1 unspecified atom stereocenters. The van der Waals surface area contributed by atoms with Gasteiger partial charge in [-0.3, -0.25) is 14.6 Å². The van der Waals surface area contributed by atoms with E-state index in [0.29, 0.717) is 4.90 Å². The van der Waals surface area contributed by atoms with Crippen LogP contribution in [0.1, 0.15) is 38.5 Å². The average Bonchev–Trinajstić information content (AvgIpc) is 3.00. The average molecular weight is 448 g/mol. The maximum absolute atomic E-state index is 13.3. The van der Waals surface area contributed by atoms with E-state index in [0.717, 1.165) is 12.0 Å². The summed E-state index contributed by atoms with van der Waals surface area (Å²) in [4.78, 5) is 14.9. The molecule has 1 aliphatic rings. The largest absolute Gasteiger partial charge is 0.493 e. The number of ether oxygens (including phenoxy) is 2. The van der Waals surface area contributed by atoms with E-state index < -0.39 is 142 Å². The Labute approximate surface area is 212 Å². The number of piperazine rings is 1. The highest BCUT2D eigenvalue weighted by atomic mass is 16.5. The van der Waals surface area contributed by atoms with Crippen molar-refractivity contribution in [3.8, 4) is 11.5 Å². The van der Waals surface area contributed by atoms with Gasteiger partial charge in [-0.05, 0) is 36.9 Å². The van der Waals surface area contributed by atoms with E-state index >= 15 is 0 Å². The van der Waals surface area contributed by atoms with E-state index in [4.69, 9.17) is 36.9 Å². The number of benzene rings is 2. The summed E-state index contributed by atoms with van der Waals surface area (Å²) in [5.41, 5.74) is -3.27. The Kier molecular flexibility index (Phi) is 3.01. The normalized spacial score (nSPS) is 28.6. The van der Waals surface area contributed by atoms with Gasteiger partial charge in [0, 0.05) is 49.3 Å². The molecule has 2 N–H and O–H groups in total. The second-order valence-electron chi connectivity index (χ2n) is 6.07. The second-order valence-corrected chi connectivity index (χ2v) is 6.07. The van der Waals surface area contributed by atoms with Crippen LogP contribution in [0.4, 0.5) is 5.69 Å². The van der Waals surface area contributed by atoms with Gasteiger partial charge < -0.3 is 19.9 Å². The number of rotatable bonds is 9. The molecule has 0 spiro atoms. The standard InChI is InChI=1S/C24H33N3O4/c1-18-7-6-8-19(2)24(18)25-23(29)16-27-13-11-26(12-14-27)15-20(28)17-31-22-10-5-4-9-21(22)30-3/h4-10,20,28H,11-17H2,1-3H3,(H,25,29)/i1D3,2D3,4D,5D,6D,7D,8D,9D,10D,15D2,16D2,17D2,20D. The molecule has 1 aliphatic heterocycles. The van der Waals surface area contributed by atoms with E-state index in [1.165, 1.54) is 0 Å². The minimum Gasteiger partial charge on any atom is -0.493 e. The van der Waals surface area contributed by atoms with Crippen LogP contribution < -0.4 is 14.8 Å². The van der Waals surface area contributed by atoms with Crippen molar-refractivity contribution in [2.75, 3.05) is 58.2 Å². The third-order valence-electron chi connectivity index (χ3n) is 3.99. The SMILES string of the molecule is [2H]c1c([2H])c([2H])c(OC([2H])([2H])C([2H])(O)C([2H])([2H])N2CCN(C([2H])([2H])C(=O)Nc3c(C([2H])([2H])[2H])c([2H])c([2H])c([2H])c3C([2H])([2H])[2H])CC2)c(OC)c1[2H]. The first-order chi connectivity index (χ1) is 22.9. The minimum atomic E-state index is -3.86. The van der Waals surface area contributed by atoms with Gasteiger partial charge in [0.1, 0.15) is 12.6 Å². The van der Waals surface area contributed by atoms with Crippen LogP contribution in [0, 0.1) is 13.7 Å². The lowest BCUT2D eigenvalue weighted by Crippen LogP contribution is -2.50. The first-order valence-corrected chi connectivity index (χ1v) is 8.91. The molecule has 7 heteroatoms. The number of hydrogen-bond acceptors (Lipinski definition) is 6. The molecule has 1 amide bonds. The van der Waals surface area contributed by atoms with Crippen LogP contribution in [-0.2, 0) is 4.79 Å². The number of β-amino-alcohol motifs (C(OH)–C–C–N with tert-alkyl or cyclic N) is 1. The molecule has 0 aliphatic carbocycles. The number of nitrogens with zero attached hydrogens (tertiary/aromatic N) is 2. The summed E-state index contributed by atoms with van der Waals surface area (Å²) in [5, 5.41) is 12.9. The van der Waals surface area contributed by atoms with Gasteiger partial charge in [-0.25, -0.2) is 0 Å². The van der Waals surface area contributed by atoms with Gasteiger partial charge in [0.15, 0.2) is 11.5 Å². The highest BCUT2D eigenvalue weighted by Gasteiger charge is 2.21. The lowest BCUT2D eigenvalue weighted by Gasteiger charge is -2.35. The van der Waals surface area contributed by atoms with Gasteiger partial charge in [-0.15, -0.1) is 0 Å². The molecule has 1 saturated heterocycles. The fourth-order valence-corrected chi connectivity index (χ4v) is 2.52. The number of carbonyl (C=O) groups excluding carboxylic acids is 1. The summed E-state index contributed by atoms with van der Waals surface area (Å²) >= 11 is 0. The van der Waals surface area contributed by atoms with E-state index in [9.17, 15) is 9.90 Å². The molecule has 2 aromatic rings. The molecular formula is C24H33N3O4. The van der Waals surface area contributed by atoms with E-state index in [1.807, 2.05) is 5.32 Å². The Morgan fingerprint density at radius 1 is 1.16 bits per heavy atom. The fourth-order valence-electron chi connectivity index (χ4n) is 2.52. The van der Waals surface area contributed by atoms with Gasteiger partial charge in [-0.2, -0.15) is 0 Å². The lowest BCUT2D eigenvalue weighted by atomic mass is 10.1. The molecule has 31 heavy (non-hydrogen) atoms. The first-order valence-electron chi connectivity index (χ1n) is 18.9. The molecular weight excluding hydrogens is 394 g/mol. The zero-order valence-electron chi connectivity index (χ0n) is 36.4. The Morgan fingerprint density at radius 2 is 1.81 bits per heavy atom. The van der Waals surface area contributed by atoms with Crippen molar-refractivity contribution in [3.05, 3.63) is 53.4 Å². The summed E-state index contributed by atoms with van der Waals surface area (Å²) in [6, 6.07) is -6.60. The number of anilines is 1. The summed E-state index contributed by atoms with van der Waals surface area (Å²) in [6.45, 7) is -19.1. The van der Waals surface area contributed by atoms with Crippen LogP contribution in [-0.4, -0.2) is 79.7 Å². The molecule has 0 radical (unpaired) electrons. The van der Waals surface area contributed by atoms with Gasteiger partial charge >= 0.3 is 0 Å². The van der Waals surface area contributed by atoms with Crippen LogP contribution in [0.2, 0.25) is 0 Å². The predicted octanol–water partition coefficient (Wildman–Crippen LogP) is 2.31. The number of para-hydroxylation sites is 3. The topological polar surface area (TPSA) is 74.3 Å². The molecule has 0 aromatic heterocycles. The van der Waals surface area contributed by atoms with E-state index in [1.54, 1.807) is 0 Å². The van der Waals surface area contributed by atoms with Gasteiger partial charge in [0.05, 0.1) is 30.1 Å². The van der Waals surface area contributed by atoms with Crippen molar-refractivity contribution in [2.45, 2.75) is 19.8 Å². The molecule has 0 bridgehead atoms. The molecule has 1 heterocycles. The predicted molar refractivity (Wildman–Crippen MR) is 122 cm³/mol. The number of carbonyl (C=O) groups is 1. The third-order valence-corrected chi connectivity index (χ3v) is 3.99. The summed E-state index contributed by atoms with van der Waals surface area (Å²) in [5.74, 6) is -3.30. The summed E-state index contributed by atoms with van der Waals surface area (Å²) < 4.78 is 171. The van der Waals surface area contributed by atoms with Crippen molar-refractivity contribution in [3.63, 3.8) is 0 Å². The van der Waals surface area contributed by atoms with Crippen LogP contribution in [0.25, 0.3) is 0 Å². The maximum atomic E-state index is 13.3. The Bertz CT molecular complexity index is 1640. The van der Waals surface area contributed by atoms with Crippen LogP contribution in [0.15, 0.2) is 42.3 Å². The molecule has 7 nitrogen and oxygen atoms in total. The monoisotopic (exact) mass is 447 g/mol. The molecule has 1 fully saturated rings. The molecule has 0 saturated carbocycles. The molecule has 168 valence electrons. The quantitative estimate of drug-likeness (QED) is 0.615. The number of aliphatic hydroxyl groups is 1.